The largest absolute Gasteiger partial charge is 0.340 e. The number of hydrogen-bond donors (Lipinski definition) is 0. The minimum absolute atomic E-state index is 0.249. The fraction of sp³-hybridized carbons (Fsp3) is 0.500. The van der Waals surface area contributed by atoms with Gasteiger partial charge in [-0.3, -0.25) is 4.79 Å². The van der Waals surface area contributed by atoms with Gasteiger partial charge in [-0.15, -0.1) is 11.3 Å². The third-order valence-corrected chi connectivity index (χ3v) is 5.13. The van der Waals surface area contributed by atoms with Gasteiger partial charge in [0.05, 0.1) is 12.5 Å². The maximum Gasteiger partial charge on any atom is 0.227 e. The fourth-order valence-corrected chi connectivity index (χ4v) is 3.90. The van der Waals surface area contributed by atoms with Gasteiger partial charge in [-0.1, -0.05) is 0 Å². The Labute approximate surface area is 129 Å². The summed E-state index contributed by atoms with van der Waals surface area (Å²) in [4.78, 5) is 21.2. The van der Waals surface area contributed by atoms with Gasteiger partial charge in [-0.2, -0.15) is 0 Å². The molecule has 0 unspecified atom stereocenters. The highest BCUT2D eigenvalue weighted by Gasteiger charge is 2.25. The van der Waals surface area contributed by atoms with E-state index in [1.807, 2.05) is 24.2 Å². The van der Waals surface area contributed by atoms with Crippen LogP contribution >= 0.6 is 11.3 Å². The van der Waals surface area contributed by atoms with Crippen molar-refractivity contribution in [3.8, 4) is 0 Å². The van der Waals surface area contributed by atoms with E-state index in [2.05, 4.69) is 28.6 Å². The molecule has 1 aliphatic rings. The van der Waals surface area contributed by atoms with Gasteiger partial charge in [0.15, 0.2) is 0 Å². The number of piperidine rings is 1. The van der Waals surface area contributed by atoms with Crippen LogP contribution in [-0.4, -0.2) is 33.4 Å². The summed E-state index contributed by atoms with van der Waals surface area (Å²) in [6.45, 7) is 5.79. The van der Waals surface area contributed by atoms with Gasteiger partial charge in [0, 0.05) is 35.2 Å². The Hall–Kier alpha value is -1.62. The first-order valence-electron chi connectivity index (χ1n) is 7.46. The summed E-state index contributed by atoms with van der Waals surface area (Å²) >= 11 is 1.72. The molecule has 0 bridgehead atoms. The summed E-state index contributed by atoms with van der Waals surface area (Å²) in [5.74, 6) is 1.28. The zero-order chi connectivity index (χ0) is 14.8. The molecule has 1 saturated heterocycles. The lowest BCUT2D eigenvalue weighted by atomic mass is 10.0. The molecule has 3 heterocycles. The highest BCUT2D eigenvalue weighted by molar-refractivity contribution is 7.12. The Bertz CT molecular complexity index is 631. The van der Waals surface area contributed by atoms with E-state index < -0.39 is 0 Å². The molecule has 0 radical (unpaired) electrons. The number of rotatable bonds is 3. The first-order chi connectivity index (χ1) is 10.1. The van der Waals surface area contributed by atoms with Gasteiger partial charge in [0.25, 0.3) is 0 Å². The van der Waals surface area contributed by atoms with Crippen LogP contribution in [0.4, 0.5) is 0 Å². The minimum Gasteiger partial charge on any atom is -0.340 e. The van der Waals surface area contributed by atoms with E-state index in [1.165, 1.54) is 9.75 Å². The van der Waals surface area contributed by atoms with Gasteiger partial charge in [-0.25, -0.2) is 4.98 Å². The van der Waals surface area contributed by atoms with E-state index in [4.69, 9.17) is 0 Å². The van der Waals surface area contributed by atoms with E-state index in [0.717, 1.165) is 31.8 Å². The van der Waals surface area contributed by atoms with Crippen LogP contribution in [0.3, 0.4) is 0 Å². The second kappa shape index (κ2) is 6.02. The second-order valence-electron chi connectivity index (χ2n) is 5.71. The van der Waals surface area contributed by atoms with Crippen molar-refractivity contribution >= 4 is 17.2 Å². The zero-order valence-corrected chi connectivity index (χ0v) is 13.4. The Morgan fingerprint density at radius 3 is 2.95 bits per heavy atom. The molecule has 21 heavy (non-hydrogen) atoms. The first-order valence-corrected chi connectivity index (χ1v) is 8.27. The number of carbonyl (C=O) groups excluding carboxylic acids is 1. The second-order valence-corrected chi connectivity index (χ2v) is 7.08. The van der Waals surface area contributed by atoms with Crippen LogP contribution in [0.25, 0.3) is 0 Å². The number of carbonyl (C=O) groups is 1. The van der Waals surface area contributed by atoms with Crippen molar-refractivity contribution in [2.24, 2.45) is 0 Å². The molecule has 4 nitrogen and oxygen atoms in total. The molecule has 1 aliphatic heterocycles. The average Bonchev–Trinajstić information content (AvgIpc) is 3.07. The monoisotopic (exact) mass is 303 g/mol. The van der Waals surface area contributed by atoms with Gasteiger partial charge in [-0.05, 0) is 38.8 Å². The number of amides is 1. The van der Waals surface area contributed by atoms with Crippen LogP contribution in [0.1, 0.15) is 34.5 Å². The number of likely N-dealkylation sites (tertiary alicyclic amines) is 1. The van der Waals surface area contributed by atoms with Crippen LogP contribution < -0.4 is 0 Å². The Balaban J connectivity index is 1.65. The van der Waals surface area contributed by atoms with Crippen molar-refractivity contribution in [2.75, 3.05) is 13.1 Å². The van der Waals surface area contributed by atoms with Gasteiger partial charge >= 0.3 is 0 Å². The predicted molar refractivity (Wildman–Crippen MR) is 84.6 cm³/mol. The standard InChI is InChI=1S/C16H21N3OS/c1-12-5-6-15(21-12)10-16(20)18-8-3-4-14(11-18)19-9-7-17-13(19)2/h5-7,9,14H,3-4,8,10-11H2,1-2H3/t14-/m1/s1. The van der Waals surface area contributed by atoms with Crippen LogP contribution in [0.5, 0.6) is 0 Å². The summed E-state index contributed by atoms with van der Waals surface area (Å²) in [6.07, 6.45) is 6.59. The molecule has 2 aromatic rings. The van der Waals surface area contributed by atoms with Gasteiger partial charge in [0.1, 0.15) is 5.82 Å². The van der Waals surface area contributed by atoms with Crippen molar-refractivity contribution in [3.05, 3.63) is 40.1 Å². The number of thiophene rings is 1. The molecular formula is C16H21N3OS. The summed E-state index contributed by atoms with van der Waals surface area (Å²) in [5.41, 5.74) is 0. The molecule has 0 aliphatic carbocycles. The molecule has 0 N–H and O–H groups in total. The van der Waals surface area contributed by atoms with E-state index in [0.29, 0.717) is 12.5 Å². The Morgan fingerprint density at radius 1 is 1.43 bits per heavy atom. The molecule has 112 valence electrons. The molecule has 0 spiro atoms. The van der Waals surface area contributed by atoms with Crippen molar-refractivity contribution in [3.63, 3.8) is 0 Å². The lowest BCUT2D eigenvalue weighted by molar-refractivity contribution is -0.132. The third kappa shape index (κ3) is 3.18. The molecule has 2 aromatic heterocycles. The third-order valence-electron chi connectivity index (χ3n) is 4.13. The summed E-state index contributed by atoms with van der Waals surface area (Å²) in [5, 5.41) is 0. The molecule has 0 saturated carbocycles. The van der Waals surface area contributed by atoms with E-state index in [9.17, 15) is 4.79 Å². The molecule has 1 atom stereocenters. The maximum absolute atomic E-state index is 12.5. The molecular weight excluding hydrogens is 282 g/mol. The quantitative estimate of drug-likeness (QED) is 0.874. The molecule has 0 aromatic carbocycles. The fourth-order valence-electron chi connectivity index (χ4n) is 3.02. The topological polar surface area (TPSA) is 38.1 Å². The van der Waals surface area contributed by atoms with Crippen molar-refractivity contribution in [1.82, 2.24) is 14.5 Å². The molecule has 3 rings (SSSR count). The smallest absolute Gasteiger partial charge is 0.227 e. The van der Waals surface area contributed by atoms with E-state index in [-0.39, 0.29) is 5.91 Å². The number of aromatic nitrogens is 2. The summed E-state index contributed by atoms with van der Waals surface area (Å²) in [6, 6.07) is 4.52. The van der Waals surface area contributed by atoms with Crippen molar-refractivity contribution in [1.29, 1.82) is 0 Å². The highest BCUT2D eigenvalue weighted by atomic mass is 32.1. The Morgan fingerprint density at radius 2 is 2.29 bits per heavy atom. The van der Waals surface area contributed by atoms with Crippen molar-refractivity contribution < 1.29 is 4.79 Å². The average molecular weight is 303 g/mol. The highest BCUT2D eigenvalue weighted by Crippen LogP contribution is 2.24. The maximum atomic E-state index is 12.5. The SMILES string of the molecule is Cc1ccc(CC(=O)N2CCC[C@@H](n3ccnc3C)C2)s1. The number of hydrogen-bond acceptors (Lipinski definition) is 3. The van der Waals surface area contributed by atoms with E-state index >= 15 is 0 Å². The lowest BCUT2D eigenvalue weighted by Crippen LogP contribution is -2.41. The minimum atomic E-state index is 0.249. The number of aryl methyl sites for hydroxylation is 2. The van der Waals surface area contributed by atoms with E-state index in [1.54, 1.807) is 11.3 Å². The molecule has 1 fully saturated rings. The number of nitrogens with zero attached hydrogens (tertiary/aromatic N) is 3. The van der Waals surface area contributed by atoms with Crippen LogP contribution in [-0.2, 0) is 11.2 Å². The molecule has 5 heteroatoms. The lowest BCUT2D eigenvalue weighted by Gasteiger charge is -2.34. The van der Waals surface area contributed by atoms with Crippen LogP contribution in [0.15, 0.2) is 24.5 Å². The normalized spacial score (nSPS) is 19.0. The summed E-state index contributed by atoms with van der Waals surface area (Å²) in [7, 11) is 0. The van der Waals surface area contributed by atoms with Crippen LogP contribution in [0, 0.1) is 13.8 Å². The predicted octanol–water partition coefficient (Wildman–Crippen LogP) is 2.97. The van der Waals surface area contributed by atoms with Gasteiger partial charge in [0.2, 0.25) is 5.91 Å². The van der Waals surface area contributed by atoms with Crippen molar-refractivity contribution in [2.45, 2.75) is 39.2 Å². The first kappa shape index (κ1) is 14.3. The summed E-state index contributed by atoms with van der Waals surface area (Å²) < 4.78 is 2.20. The zero-order valence-electron chi connectivity index (χ0n) is 12.6. The number of imidazole rings is 1. The van der Waals surface area contributed by atoms with Gasteiger partial charge < -0.3 is 9.47 Å². The Kier molecular flexibility index (Phi) is 4.10. The molecule has 1 amide bonds. The van der Waals surface area contributed by atoms with Crippen LogP contribution in [0.2, 0.25) is 0 Å².